The minimum atomic E-state index is -0.0347. The highest BCUT2D eigenvalue weighted by molar-refractivity contribution is 5.92. The topological polar surface area (TPSA) is 64.4 Å². The second-order valence-corrected chi connectivity index (χ2v) is 4.19. The lowest BCUT2D eigenvalue weighted by Crippen LogP contribution is -2.22. The van der Waals surface area contributed by atoms with Gasteiger partial charge in [0.25, 0.3) is 0 Å². The third-order valence-corrected chi connectivity index (χ3v) is 2.75. The Morgan fingerprint density at radius 1 is 1.44 bits per heavy atom. The van der Waals surface area contributed by atoms with Gasteiger partial charge in [0.05, 0.1) is 18.6 Å². The smallest absolute Gasteiger partial charge is 0.229 e. The Morgan fingerprint density at radius 3 is 2.69 bits per heavy atom. The minimum Gasteiger partial charge on any atom is -0.399 e. The molecule has 1 amide bonds. The molecule has 1 fully saturated rings. The second-order valence-electron chi connectivity index (χ2n) is 4.19. The van der Waals surface area contributed by atoms with E-state index in [1.807, 2.05) is 6.92 Å². The number of carbonyl (C=O) groups excluding carboxylic acids is 1. The standard InChI is InChI=1S/C12H16N2O2/c1-8-6-9(7-16-8)12(15)14-11-4-2-10(13)3-5-11/h2-5,8-9H,6-7,13H2,1H3,(H,14,15). The lowest BCUT2D eigenvalue weighted by Gasteiger charge is -2.09. The van der Waals surface area contributed by atoms with Crippen molar-refractivity contribution in [2.75, 3.05) is 17.7 Å². The van der Waals surface area contributed by atoms with Gasteiger partial charge in [0.1, 0.15) is 0 Å². The van der Waals surface area contributed by atoms with Crippen LogP contribution in [0.5, 0.6) is 0 Å². The van der Waals surface area contributed by atoms with Gasteiger partial charge in [0, 0.05) is 11.4 Å². The number of nitrogens with one attached hydrogen (secondary N) is 1. The highest BCUT2D eigenvalue weighted by atomic mass is 16.5. The molecular formula is C12H16N2O2. The molecule has 1 saturated heterocycles. The van der Waals surface area contributed by atoms with Gasteiger partial charge >= 0.3 is 0 Å². The lowest BCUT2D eigenvalue weighted by atomic mass is 10.1. The summed E-state index contributed by atoms with van der Waals surface area (Å²) in [5.41, 5.74) is 7.03. The first-order valence-electron chi connectivity index (χ1n) is 5.43. The Labute approximate surface area is 94.8 Å². The van der Waals surface area contributed by atoms with Gasteiger partial charge in [-0.3, -0.25) is 4.79 Å². The molecule has 16 heavy (non-hydrogen) atoms. The van der Waals surface area contributed by atoms with E-state index in [0.29, 0.717) is 12.3 Å². The number of nitrogens with two attached hydrogens (primary N) is 1. The van der Waals surface area contributed by atoms with Crippen molar-refractivity contribution in [2.24, 2.45) is 5.92 Å². The third-order valence-electron chi connectivity index (χ3n) is 2.75. The van der Waals surface area contributed by atoms with Crippen molar-refractivity contribution in [1.82, 2.24) is 0 Å². The predicted octanol–water partition coefficient (Wildman–Crippen LogP) is 1.63. The number of rotatable bonds is 2. The maximum Gasteiger partial charge on any atom is 0.229 e. The van der Waals surface area contributed by atoms with Gasteiger partial charge in [-0.2, -0.15) is 0 Å². The van der Waals surface area contributed by atoms with Crippen LogP contribution in [0.25, 0.3) is 0 Å². The summed E-state index contributed by atoms with van der Waals surface area (Å²) in [4.78, 5) is 11.8. The highest BCUT2D eigenvalue weighted by Crippen LogP contribution is 2.21. The van der Waals surface area contributed by atoms with E-state index in [4.69, 9.17) is 10.5 Å². The number of nitrogen functional groups attached to an aromatic ring is 1. The zero-order valence-corrected chi connectivity index (χ0v) is 9.27. The number of amides is 1. The van der Waals surface area contributed by atoms with Crippen molar-refractivity contribution in [3.63, 3.8) is 0 Å². The molecule has 4 nitrogen and oxygen atoms in total. The van der Waals surface area contributed by atoms with Crippen LogP contribution in [0.2, 0.25) is 0 Å². The molecule has 2 rings (SSSR count). The van der Waals surface area contributed by atoms with E-state index in [1.165, 1.54) is 0 Å². The van der Waals surface area contributed by atoms with Crippen LogP contribution in [-0.2, 0) is 9.53 Å². The zero-order chi connectivity index (χ0) is 11.5. The summed E-state index contributed by atoms with van der Waals surface area (Å²) in [5.74, 6) is -0.0123. The van der Waals surface area contributed by atoms with Crippen LogP contribution in [0.4, 0.5) is 11.4 Å². The Bertz CT molecular complexity index is 375. The van der Waals surface area contributed by atoms with E-state index < -0.39 is 0 Å². The fraction of sp³-hybridized carbons (Fsp3) is 0.417. The molecule has 1 aromatic rings. The number of anilines is 2. The van der Waals surface area contributed by atoms with Crippen LogP contribution in [0.3, 0.4) is 0 Å². The van der Waals surface area contributed by atoms with Crippen LogP contribution in [-0.4, -0.2) is 18.6 Å². The number of benzene rings is 1. The minimum absolute atomic E-state index is 0.0223. The molecule has 1 aliphatic heterocycles. The van der Waals surface area contributed by atoms with Crippen molar-refractivity contribution in [1.29, 1.82) is 0 Å². The molecule has 0 aromatic heterocycles. The van der Waals surface area contributed by atoms with Crippen LogP contribution in [0.1, 0.15) is 13.3 Å². The van der Waals surface area contributed by atoms with Crippen LogP contribution < -0.4 is 11.1 Å². The average molecular weight is 220 g/mol. The zero-order valence-electron chi connectivity index (χ0n) is 9.27. The summed E-state index contributed by atoms with van der Waals surface area (Å²) in [6.45, 7) is 2.50. The van der Waals surface area contributed by atoms with Gasteiger partial charge in [0.2, 0.25) is 5.91 Å². The number of hydrogen-bond acceptors (Lipinski definition) is 3. The second kappa shape index (κ2) is 4.53. The molecular weight excluding hydrogens is 204 g/mol. The molecule has 0 aliphatic carbocycles. The number of hydrogen-bond donors (Lipinski definition) is 2. The summed E-state index contributed by atoms with van der Waals surface area (Å²) in [6.07, 6.45) is 0.975. The van der Waals surface area contributed by atoms with E-state index >= 15 is 0 Å². The first-order valence-corrected chi connectivity index (χ1v) is 5.43. The lowest BCUT2D eigenvalue weighted by molar-refractivity contribution is -0.119. The molecule has 1 aliphatic rings. The van der Waals surface area contributed by atoms with Crippen molar-refractivity contribution in [3.05, 3.63) is 24.3 Å². The molecule has 0 bridgehead atoms. The van der Waals surface area contributed by atoms with E-state index in [2.05, 4.69) is 5.32 Å². The van der Waals surface area contributed by atoms with Crippen LogP contribution in [0.15, 0.2) is 24.3 Å². The van der Waals surface area contributed by atoms with E-state index in [1.54, 1.807) is 24.3 Å². The largest absolute Gasteiger partial charge is 0.399 e. The Hall–Kier alpha value is -1.55. The van der Waals surface area contributed by atoms with Crippen molar-refractivity contribution in [3.8, 4) is 0 Å². The normalized spacial score (nSPS) is 24.3. The molecule has 86 valence electrons. The molecule has 2 unspecified atom stereocenters. The van der Waals surface area contributed by atoms with Gasteiger partial charge in [-0.15, -0.1) is 0 Å². The molecule has 3 N–H and O–H groups in total. The van der Waals surface area contributed by atoms with E-state index in [-0.39, 0.29) is 17.9 Å². The number of ether oxygens (including phenoxy) is 1. The fourth-order valence-electron chi connectivity index (χ4n) is 1.81. The maximum absolute atomic E-state index is 11.8. The first-order chi connectivity index (χ1) is 7.65. The summed E-state index contributed by atoms with van der Waals surface area (Å²) in [6, 6.07) is 7.13. The molecule has 1 heterocycles. The van der Waals surface area contributed by atoms with Crippen molar-refractivity contribution >= 4 is 17.3 Å². The van der Waals surface area contributed by atoms with Gasteiger partial charge in [-0.25, -0.2) is 0 Å². The molecule has 2 atom stereocenters. The van der Waals surface area contributed by atoms with Gasteiger partial charge in [0.15, 0.2) is 0 Å². The quantitative estimate of drug-likeness (QED) is 0.744. The first kappa shape index (κ1) is 11.0. The van der Waals surface area contributed by atoms with Crippen LogP contribution >= 0.6 is 0 Å². The van der Waals surface area contributed by atoms with Gasteiger partial charge in [-0.05, 0) is 37.6 Å². The monoisotopic (exact) mass is 220 g/mol. The summed E-state index contributed by atoms with van der Waals surface area (Å²) in [5, 5.41) is 2.86. The Kier molecular flexibility index (Phi) is 3.10. The fourth-order valence-corrected chi connectivity index (χ4v) is 1.81. The SMILES string of the molecule is CC1CC(C(=O)Nc2ccc(N)cc2)CO1. The predicted molar refractivity (Wildman–Crippen MR) is 63.0 cm³/mol. The number of carbonyl (C=O) groups is 1. The van der Waals surface area contributed by atoms with E-state index in [9.17, 15) is 4.79 Å². The Morgan fingerprint density at radius 2 is 2.12 bits per heavy atom. The summed E-state index contributed by atoms with van der Waals surface area (Å²) >= 11 is 0. The molecule has 0 spiro atoms. The highest BCUT2D eigenvalue weighted by Gasteiger charge is 2.28. The molecule has 0 saturated carbocycles. The summed E-state index contributed by atoms with van der Waals surface area (Å²) < 4.78 is 5.36. The average Bonchev–Trinajstić information content (AvgIpc) is 2.68. The molecule has 1 aromatic carbocycles. The van der Waals surface area contributed by atoms with E-state index in [0.717, 1.165) is 12.1 Å². The Balaban J connectivity index is 1.94. The molecule has 0 radical (unpaired) electrons. The third kappa shape index (κ3) is 2.52. The van der Waals surface area contributed by atoms with Crippen molar-refractivity contribution in [2.45, 2.75) is 19.4 Å². The van der Waals surface area contributed by atoms with Gasteiger partial charge < -0.3 is 15.8 Å². The maximum atomic E-state index is 11.8. The molecule has 4 heteroatoms. The summed E-state index contributed by atoms with van der Waals surface area (Å²) in [7, 11) is 0. The van der Waals surface area contributed by atoms with Crippen LogP contribution in [0, 0.1) is 5.92 Å². The van der Waals surface area contributed by atoms with Gasteiger partial charge in [-0.1, -0.05) is 0 Å². The van der Waals surface area contributed by atoms with Crippen molar-refractivity contribution < 1.29 is 9.53 Å².